The van der Waals surface area contributed by atoms with Gasteiger partial charge >= 0.3 is 5.97 Å². The molecule has 0 atom stereocenters. The minimum Gasteiger partial charge on any atom is -0.481 e. The summed E-state index contributed by atoms with van der Waals surface area (Å²) in [5.74, 6) is -0.206. The lowest BCUT2D eigenvalue weighted by Gasteiger charge is -2.15. The number of carboxylic acids is 1. The number of aromatic amines is 1. The molecule has 0 bridgehead atoms. The zero-order valence-corrected chi connectivity index (χ0v) is 11.3. The molecule has 2 rings (SSSR count). The van der Waals surface area contributed by atoms with Gasteiger partial charge in [0.05, 0.1) is 17.4 Å². The molecule has 1 aromatic heterocycles. The molecule has 0 unspecified atom stereocenters. The quantitative estimate of drug-likeness (QED) is 0.827. The number of benzene rings is 1. The summed E-state index contributed by atoms with van der Waals surface area (Å²) in [6, 6.07) is 7.19. The van der Waals surface area contributed by atoms with Gasteiger partial charge in [-0.2, -0.15) is 0 Å². The van der Waals surface area contributed by atoms with Crippen LogP contribution < -0.4 is 5.56 Å². The van der Waals surface area contributed by atoms with E-state index in [0.29, 0.717) is 36.2 Å². The topological polar surface area (TPSA) is 86.3 Å². The summed E-state index contributed by atoms with van der Waals surface area (Å²) in [4.78, 5) is 31.4. The van der Waals surface area contributed by atoms with Crippen LogP contribution in [-0.4, -0.2) is 39.5 Å². The van der Waals surface area contributed by atoms with Gasteiger partial charge in [-0.3, -0.25) is 14.5 Å². The number of aliphatic carboxylic acids is 1. The van der Waals surface area contributed by atoms with Gasteiger partial charge in [0.1, 0.15) is 5.82 Å². The van der Waals surface area contributed by atoms with Crippen molar-refractivity contribution in [2.75, 3.05) is 13.6 Å². The Morgan fingerprint density at radius 1 is 1.40 bits per heavy atom. The molecule has 0 amide bonds. The Kier molecular flexibility index (Phi) is 4.47. The summed E-state index contributed by atoms with van der Waals surface area (Å²) in [5, 5.41) is 9.17. The third-order valence-corrected chi connectivity index (χ3v) is 3.01. The SMILES string of the molecule is CN(CCCC(=O)O)Cc1nc2ccccc2c(=O)[nH]1. The van der Waals surface area contributed by atoms with Crippen LogP contribution in [0.3, 0.4) is 0 Å². The number of nitrogens with zero attached hydrogens (tertiary/aromatic N) is 2. The first-order chi connectivity index (χ1) is 9.56. The van der Waals surface area contributed by atoms with Crippen LogP contribution >= 0.6 is 0 Å². The van der Waals surface area contributed by atoms with Crippen LogP contribution in [0.5, 0.6) is 0 Å². The van der Waals surface area contributed by atoms with Crippen LogP contribution in [-0.2, 0) is 11.3 Å². The van der Waals surface area contributed by atoms with Crippen molar-refractivity contribution in [3.05, 3.63) is 40.4 Å². The molecule has 6 nitrogen and oxygen atoms in total. The van der Waals surface area contributed by atoms with Crippen LogP contribution in [0.2, 0.25) is 0 Å². The van der Waals surface area contributed by atoms with E-state index in [1.165, 1.54) is 0 Å². The Morgan fingerprint density at radius 2 is 2.15 bits per heavy atom. The third-order valence-electron chi connectivity index (χ3n) is 3.01. The highest BCUT2D eigenvalue weighted by atomic mass is 16.4. The average molecular weight is 275 g/mol. The van der Waals surface area contributed by atoms with Crippen molar-refractivity contribution in [2.24, 2.45) is 0 Å². The summed E-state index contributed by atoms with van der Waals surface area (Å²) < 4.78 is 0. The number of rotatable bonds is 6. The molecule has 2 aromatic rings. The predicted molar refractivity (Wildman–Crippen MR) is 75.6 cm³/mol. The molecule has 1 aromatic carbocycles. The lowest BCUT2D eigenvalue weighted by Crippen LogP contribution is -2.23. The van der Waals surface area contributed by atoms with Crippen molar-refractivity contribution in [3.63, 3.8) is 0 Å². The summed E-state index contributed by atoms with van der Waals surface area (Å²) in [6.45, 7) is 1.13. The fraction of sp³-hybridized carbons (Fsp3) is 0.357. The van der Waals surface area contributed by atoms with Crippen LogP contribution in [0.1, 0.15) is 18.7 Å². The van der Waals surface area contributed by atoms with E-state index in [2.05, 4.69) is 9.97 Å². The summed E-state index contributed by atoms with van der Waals surface area (Å²) in [6.07, 6.45) is 0.718. The first kappa shape index (κ1) is 14.2. The zero-order valence-electron chi connectivity index (χ0n) is 11.3. The maximum Gasteiger partial charge on any atom is 0.303 e. The number of fused-ring (bicyclic) bond motifs is 1. The number of nitrogens with one attached hydrogen (secondary N) is 1. The number of hydrogen-bond donors (Lipinski definition) is 2. The second-order valence-electron chi connectivity index (χ2n) is 4.76. The molecule has 0 fully saturated rings. The highest BCUT2D eigenvalue weighted by molar-refractivity contribution is 5.77. The molecule has 0 saturated carbocycles. The van der Waals surface area contributed by atoms with Gasteiger partial charge in [0.2, 0.25) is 0 Å². The zero-order chi connectivity index (χ0) is 14.5. The van der Waals surface area contributed by atoms with E-state index in [-0.39, 0.29) is 12.0 Å². The standard InChI is InChI=1S/C14H17N3O3/c1-17(8-4-7-13(18)19)9-12-15-11-6-3-2-5-10(11)14(20)16-12/h2-3,5-6H,4,7-9H2,1H3,(H,18,19)(H,15,16,20). The summed E-state index contributed by atoms with van der Waals surface area (Å²) in [7, 11) is 1.87. The highest BCUT2D eigenvalue weighted by Gasteiger charge is 2.06. The first-order valence-electron chi connectivity index (χ1n) is 6.44. The second kappa shape index (κ2) is 6.29. The Hall–Kier alpha value is -2.21. The normalized spacial score (nSPS) is 11.1. The van der Waals surface area contributed by atoms with Gasteiger partial charge in [-0.1, -0.05) is 12.1 Å². The van der Waals surface area contributed by atoms with Crippen LogP contribution in [0.15, 0.2) is 29.1 Å². The van der Waals surface area contributed by atoms with Crippen molar-refractivity contribution < 1.29 is 9.90 Å². The number of H-pyrrole nitrogens is 1. The molecular weight excluding hydrogens is 258 g/mol. The van der Waals surface area contributed by atoms with Crippen molar-refractivity contribution in [1.29, 1.82) is 0 Å². The van der Waals surface area contributed by atoms with Crippen LogP contribution in [0, 0.1) is 0 Å². The van der Waals surface area contributed by atoms with Crippen molar-refractivity contribution in [1.82, 2.24) is 14.9 Å². The maximum atomic E-state index is 11.9. The molecule has 2 N–H and O–H groups in total. The molecule has 20 heavy (non-hydrogen) atoms. The largest absolute Gasteiger partial charge is 0.481 e. The van der Waals surface area contributed by atoms with E-state index in [9.17, 15) is 9.59 Å². The fourth-order valence-corrected chi connectivity index (χ4v) is 2.04. The molecule has 0 radical (unpaired) electrons. The van der Waals surface area contributed by atoms with Gasteiger partial charge in [-0.05, 0) is 32.1 Å². The molecule has 1 heterocycles. The monoisotopic (exact) mass is 275 g/mol. The smallest absolute Gasteiger partial charge is 0.303 e. The lowest BCUT2D eigenvalue weighted by atomic mass is 10.2. The van der Waals surface area contributed by atoms with E-state index in [4.69, 9.17) is 5.11 Å². The van der Waals surface area contributed by atoms with Gasteiger partial charge in [-0.25, -0.2) is 4.98 Å². The molecule has 0 aliphatic rings. The minimum atomic E-state index is -0.796. The highest BCUT2D eigenvalue weighted by Crippen LogP contribution is 2.06. The first-order valence-corrected chi connectivity index (χ1v) is 6.44. The van der Waals surface area contributed by atoms with E-state index < -0.39 is 5.97 Å². The lowest BCUT2D eigenvalue weighted by molar-refractivity contribution is -0.137. The Morgan fingerprint density at radius 3 is 2.90 bits per heavy atom. The maximum absolute atomic E-state index is 11.9. The number of para-hydroxylation sites is 1. The Labute approximate surface area is 116 Å². The van der Waals surface area contributed by atoms with Gasteiger partial charge in [0.15, 0.2) is 0 Å². The van der Waals surface area contributed by atoms with Gasteiger partial charge in [0, 0.05) is 6.42 Å². The molecule has 0 aliphatic carbocycles. The van der Waals surface area contributed by atoms with Crippen LogP contribution in [0.25, 0.3) is 10.9 Å². The van der Waals surface area contributed by atoms with Gasteiger partial charge in [0.25, 0.3) is 5.56 Å². The van der Waals surface area contributed by atoms with Gasteiger partial charge < -0.3 is 10.1 Å². The van der Waals surface area contributed by atoms with Gasteiger partial charge in [-0.15, -0.1) is 0 Å². The predicted octanol–water partition coefficient (Wildman–Crippen LogP) is 1.22. The van der Waals surface area contributed by atoms with E-state index >= 15 is 0 Å². The number of carboxylic acid groups (broad SMARTS) is 1. The van der Waals surface area contributed by atoms with Crippen molar-refractivity contribution in [3.8, 4) is 0 Å². The molecule has 0 saturated heterocycles. The van der Waals surface area contributed by atoms with E-state index in [1.54, 1.807) is 18.2 Å². The van der Waals surface area contributed by atoms with Crippen molar-refractivity contribution >= 4 is 16.9 Å². The molecule has 0 spiro atoms. The summed E-state index contributed by atoms with van der Waals surface area (Å²) in [5.41, 5.74) is 0.523. The number of hydrogen-bond acceptors (Lipinski definition) is 4. The number of carbonyl (C=O) groups is 1. The minimum absolute atomic E-state index is 0.145. The Bertz CT molecular complexity index is 666. The molecule has 0 aliphatic heterocycles. The molecule has 106 valence electrons. The van der Waals surface area contributed by atoms with E-state index in [0.717, 1.165) is 0 Å². The second-order valence-corrected chi connectivity index (χ2v) is 4.76. The van der Waals surface area contributed by atoms with Crippen molar-refractivity contribution in [2.45, 2.75) is 19.4 Å². The van der Waals surface area contributed by atoms with Crippen LogP contribution in [0.4, 0.5) is 0 Å². The number of aromatic nitrogens is 2. The molecule has 6 heteroatoms. The third kappa shape index (κ3) is 3.64. The average Bonchev–Trinajstić information content (AvgIpc) is 2.38. The fourth-order valence-electron chi connectivity index (χ4n) is 2.04. The Balaban J connectivity index is 2.06. The summed E-state index contributed by atoms with van der Waals surface area (Å²) >= 11 is 0. The van der Waals surface area contributed by atoms with E-state index in [1.807, 2.05) is 18.0 Å². The molecular formula is C14H17N3O3.